The molecule has 1 aliphatic rings. The van der Waals surface area contributed by atoms with Gasteiger partial charge in [0, 0.05) is 18.6 Å². The van der Waals surface area contributed by atoms with Gasteiger partial charge in [-0.3, -0.25) is 0 Å². The van der Waals surface area contributed by atoms with E-state index in [-0.39, 0.29) is 0 Å². The van der Waals surface area contributed by atoms with Crippen LogP contribution in [0.15, 0.2) is 4.52 Å². The third-order valence-electron chi connectivity index (χ3n) is 4.03. The fourth-order valence-electron chi connectivity index (χ4n) is 2.62. The summed E-state index contributed by atoms with van der Waals surface area (Å²) in [5.41, 5.74) is -0.435. The van der Waals surface area contributed by atoms with Crippen molar-refractivity contribution < 1.29 is 9.26 Å². The molecule has 1 aliphatic heterocycles. The summed E-state index contributed by atoms with van der Waals surface area (Å²) < 4.78 is 11.3. The fourth-order valence-corrected chi connectivity index (χ4v) is 2.62. The predicted octanol–water partition coefficient (Wildman–Crippen LogP) is 2.59. The summed E-state index contributed by atoms with van der Waals surface area (Å²) in [6.07, 6.45) is 2.95. The summed E-state index contributed by atoms with van der Waals surface area (Å²) in [4.78, 5) is 4.60. The van der Waals surface area contributed by atoms with Crippen LogP contribution in [0.4, 0.5) is 0 Å². The highest BCUT2D eigenvalue weighted by atomic mass is 16.5. The molecule has 0 radical (unpaired) electrons. The second kappa shape index (κ2) is 6.01. The molecule has 3 unspecified atom stereocenters. The fraction of sp³-hybridized carbons (Fsp3) is 0.857. The first-order chi connectivity index (χ1) is 9.09. The van der Waals surface area contributed by atoms with Crippen LogP contribution in [0.25, 0.3) is 0 Å². The minimum atomic E-state index is -0.435. The van der Waals surface area contributed by atoms with Crippen molar-refractivity contribution in [1.82, 2.24) is 15.5 Å². The van der Waals surface area contributed by atoms with Gasteiger partial charge in [-0.15, -0.1) is 0 Å². The molecule has 0 aromatic carbocycles. The summed E-state index contributed by atoms with van der Waals surface area (Å²) in [6, 6.07) is 0.513. The van der Waals surface area contributed by atoms with Gasteiger partial charge in [0.25, 0.3) is 0 Å². The first kappa shape index (κ1) is 14.5. The van der Waals surface area contributed by atoms with E-state index in [4.69, 9.17) is 9.26 Å². The molecule has 19 heavy (non-hydrogen) atoms. The van der Waals surface area contributed by atoms with Crippen LogP contribution in [0.5, 0.6) is 0 Å². The molecule has 0 saturated carbocycles. The topological polar surface area (TPSA) is 60.2 Å². The van der Waals surface area contributed by atoms with Gasteiger partial charge in [-0.05, 0) is 46.6 Å². The monoisotopic (exact) mass is 267 g/mol. The van der Waals surface area contributed by atoms with Crippen LogP contribution in [0.3, 0.4) is 0 Å². The van der Waals surface area contributed by atoms with Crippen molar-refractivity contribution in [1.29, 1.82) is 0 Å². The summed E-state index contributed by atoms with van der Waals surface area (Å²) in [5.74, 6) is 1.82. The Kier molecular flexibility index (Phi) is 4.58. The standard InChI is InChI=1S/C14H25N3O2/c1-5-14(4,18-6-2)13-16-12(19-17-13)11-7-8-15-10(3)9-11/h10-11,15H,5-9H2,1-4H3. The molecule has 2 heterocycles. The Morgan fingerprint density at radius 3 is 2.89 bits per heavy atom. The molecule has 3 atom stereocenters. The number of piperidine rings is 1. The first-order valence-corrected chi connectivity index (χ1v) is 7.30. The van der Waals surface area contributed by atoms with Crippen LogP contribution in [-0.2, 0) is 10.3 Å². The zero-order chi connectivity index (χ0) is 13.9. The molecule has 5 nitrogen and oxygen atoms in total. The lowest BCUT2D eigenvalue weighted by Gasteiger charge is -2.25. The van der Waals surface area contributed by atoms with Crippen LogP contribution in [-0.4, -0.2) is 29.3 Å². The number of ether oxygens (including phenoxy) is 1. The average Bonchev–Trinajstić information content (AvgIpc) is 2.89. The van der Waals surface area contributed by atoms with Crippen molar-refractivity contribution in [3.63, 3.8) is 0 Å². The highest BCUT2D eigenvalue weighted by Crippen LogP contribution is 2.31. The Balaban J connectivity index is 2.13. The summed E-state index contributed by atoms with van der Waals surface area (Å²) >= 11 is 0. The van der Waals surface area contributed by atoms with Gasteiger partial charge in [0.15, 0.2) is 0 Å². The van der Waals surface area contributed by atoms with E-state index in [9.17, 15) is 0 Å². The molecule has 0 amide bonds. The van der Waals surface area contributed by atoms with Gasteiger partial charge in [0.1, 0.15) is 5.60 Å². The molecule has 1 aromatic rings. The van der Waals surface area contributed by atoms with Crippen LogP contribution in [0.2, 0.25) is 0 Å². The second-order valence-corrected chi connectivity index (χ2v) is 5.55. The number of nitrogens with zero attached hydrogens (tertiary/aromatic N) is 2. The maximum absolute atomic E-state index is 5.79. The lowest BCUT2D eigenvalue weighted by atomic mass is 9.93. The van der Waals surface area contributed by atoms with E-state index in [1.54, 1.807) is 0 Å². The van der Waals surface area contributed by atoms with Gasteiger partial charge in [-0.1, -0.05) is 12.1 Å². The number of hydrogen-bond acceptors (Lipinski definition) is 5. The second-order valence-electron chi connectivity index (χ2n) is 5.55. The molecular formula is C14H25N3O2. The molecule has 5 heteroatoms. The van der Waals surface area contributed by atoms with Gasteiger partial charge in [-0.2, -0.15) is 4.98 Å². The molecule has 1 N–H and O–H groups in total. The highest BCUT2D eigenvalue weighted by molar-refractivity contribution is 5.03. The third-order valence-corrected chi connectivity index (χ3v) is 4.03. The summed E-state index contributed by atoms with van der Waals surface area (Å²) in [5, 5.41) is 7.58. The van der Waals surface area contributed by atoms with Crippen molar-refractivity contribution in [3.05, 3.63) is 11.7 Å². The Bertz CT molecular complexity index is 407. The minimum absolute atomic E-state index is 0.375. The average molecular weight is 267 g/mol. The van der Waals surface area contributed by atoms with E-state index in [0.29, 0.717) is 24.4 Å². The van der Waals surface area contributed by atoms with Crippen LogP contribution in [0.1, 0.15) is 64.6 Å². The van der Waals surface area contributed by atoms with Gasteiger partial charge < -0.3 is 14.6 Å². The van der Waals surface area contributed by atoms with Gasteiger partial charge in [-0.25, -0.2) is 0 Å². The molecule has 1 saturated heterocycles. The van der Waals surface area contributed by atoms with E-state index in [0.717, 1.165) is 31.7 Å². The Hall–Kier alpha value is -0.940. The van der Waals surface area contributed by atoms with E-state index in [1.807, 2.05) is 13.8 Å². The number of aromatic nitrogens is 2. The number of hydrogen-bond donors (Lipinski definition) is 1. The zero-order valence-electron chi connectivity index (χ0n) is 12.4. The molecule has 0 aliphatic carbocycles. The normalized spacial score (nSPS) is 27.2. The van der Waals surface area contributed by atoms with Crippen LogP contribution < -0.4 is 5.32 Å². The minimum Gasteiger partial charge on any atom is -0.367 e. The van der Waals surface area contributed by atoms with Crippen molar-refractivity contribution in [2.24, 2.45) is 0 Å². The summed E-state index contributed by atoms with van der Waals surface area (Å²) in [6.45, 7) is 9.95. The first-order valence-electron chi connectivity index (χ1n) is 7.30. The van der Waals surface area contributed by atoms with E-state index in [1.165, 1.54) is 0 Å². The highest BCUT2D eigenvalue weighted by Gasteiger charge is 2.33. The number of nitrogens with one attached hydrogen (secondary N) is 1. The maximum atomic E-state index is 5.79. The number of rotatable bonds is 5. The van der Waals surface area contributed by atoms with Crippen LogP contribution in [0, 0.1) is 0 Å². The van der Waals surface area contributed by atoms with Crippen molar-refractivity contribution in [2.45, 2.75) is 64.5 Å². The lowest BCUT2D eigenvalue weighted by Crippen LogP contribution is -2.35. The van der Waals surface area contributed by atoms with Gasteiger partial charge >= 0.3 is 0 Å². The smallest absolute Gasteiger partial charge is 0.229 e. The van der Waals surface area contributed by atoms with E-state index < -0.39 is 5.60 Å². The van der Waals surface area contributed by atoms with E-state index >= 15 is 0 Å². The third kappa shape index (κ3) is 3.15. The quantitative estimate of drug-likeness (QED) is 0.888. The Morgan fingerprint density at radius 2 is 2.26 bits per heavy atom. The van der Waals surface area contributed by atoms with Gasteiger partial charge in [0.2, 0.25) is 11.7 Å². The molecule has 108 valence electrons. The van der Waals surface area contributed by atoms with E-state index in [2.05, 4.69) is 29.3 Å². The summed E-state index contributed by atoms with van der Waals surface area (Å²) in [7, 11) is 0. The zero-order valence-corrected chi connectivity index (χ0v) is 12.4. The predicted molar refractivity (Wildman–Crippen MR) is 73.0 cm³/mol. The largest absolute Gasteiger partial charge is 0.367 e. The van der Waals surface area contributed by atoms with Crippen molar-refractivity contribution in [2.75, 3.05) is 13.2 Å². The molecule has 1 aromatic heterocycles. The SMILES string of the molecule is CCOC(C)(CC)c1noc(C2CCNC(C)C2)n1. The lowest BCUT2D eigenvalue weighted by molar-refractivity contribution is -0.0403. The molecule has 2 rings (SSSR count). The van der Waals surface area contributed by atoms with Crippen molar-refractivity contribution >= 4 is 0 Å². The van der Waals surface area contributed by atoms with Gasteiger partial charge in [0.05, 0.1) is 0 Å². The molecule has 0 bridgehead atoms. The Morgan fingerprint density at radius 1 is 1.47 bits per heavy atom. The Labute approximate surface area is 115 Å². The molecular weight excluding hydrogens is 242 g/mol. The maximum Gasteiger partial charge on any atom is 0.229 e. The van der Waals surface area contributed by atoms with Crippen molar-refractivity contribution in [3.8, 4) is 0 Å². The molecule has 1 fully saturated rings. The van der Waals surface area contributed by atoms with Crippen LogP contribution >= 0.6 is 0 Å². The molecule has 0 spiro atoms.